The Morgan fingerprint density at radius 3 is 2.85 bits per heavy atom. The minimum absolute atomic E-state index is 0.0618. The Hall–Kier alpha value is -1.62. The summed E-state index contributed by atoms with van der Waals surface area (Å²) in [7, 11) is 0. The first kappa shape index (κ1) is 9.47. The number of benzene rings is 1. The molecule has 66 valence electrons. The van der Waals surface area contributed by atoms with Crippen molar-refractivity contribution in [2.75, 3.05) is 0 Å². The fraction of sp³-hybridized carbons (Fsp3) is 0.182. The molecule has 0 amide bonds. The summed E-state index contributed by atoms with van der Waals surface area (Å²) in [5.74, 6) is -0.495. The Bertz CT molecular complexity index is 363. The lowest BCUT2D eigenvalue weighted by atomic mass is 9.99. The monoisotopic (exact) mass is 175 g/mol. The molecule has 0 aliphatic heterocycles. The molecule has 0 radical (unpaired) electrons. The van der Waals surface area contributed by atoms with Crippen LogP contribution in [0, 0.1) is 17.1 Å². The first-order chi connectivity index (χ1) is 6.20. The third kappa shape index (κ3) is 1.75. The molecule has 1 atom stereocenters. The zero-order valence-electron chi connectivity index (χ0n) is 7.42. The van der Waals surface area contributed by atoms with Gasteiger partial charge in [0, 0.05) is 5.92 Å². The van der Waals surface area contributed by atoms with Crippen LogP contribution in [-0.4, -0.2) is 0 Å². The van der Waals surface area contributed by atoms with Crippen molar-refractivity contribution in [2.24, 2.45) is 0 Å². The fourth-order valence-electron chi connectivity index (χ4n) is 1.11. The zero-order valence-corrected chi connectivity index (χ0v) is 7.42. The summed E-state index contributed by atoms with van der Waals surface area (Å²) in [5.41, 5.74) is 0.611. The van der Waals surface area contributed by atoms with Gasteiger partial charge in [-0.25, -0.2) is 4.39 Å². The quantitative estimate of drug-likeness (QED) is 0.634. The van der Waals surface area contributed by atoms with Crippen LogP contribution in [0.25, 0.3) is 0 Å². The summed E-state index contributed by atoms with van der Waals surface area (Å²) in [6.45, 7) is 5.42. The Morgan fingerprint density at radius 1 is 1.62 bits per heavy atom. The number of nitriles is 1. The van der Waals surface area contributed by atoms with Crippen LogP contribution in [0.3, 0.4) is 0 Å². The SMILES string of the molecule is C=CC(C)c1cccc(C#N)c1F. The van der Waals surface area contributed by atoms with Crippen molar-refractivity contribution in [3.8, 4) is 6.07 Å². The molecule has 0 bridgehead atoms. The van der Waals surface area contributed by atoms with Crippen molar-refractivity contribution >= 4 is 0 Å². The maximum atomic E-state index is 13.4. The van der Waals surface area contributed by atoms with Gasteiger partial charge in [0.1, 0.15) is 11.9 Å². The van der Waals surface area contributed by atoms with Crippen LogP contribution >= 0.6 is 0 Å². The Morgan fingerprint density at radius 2 is 2.31 bits per heavy atom. The van der Waals surface area contributed by atoms with Crippen molar-refractivity contribution in [1.82, 2.24) is 0 Å². The van der Waals surface area contributed by atoms with Gasteiger partial charge in [0.2, 0.25) is 0 Å². The second kappa shape index (κ2) is 3.86. The molecular formula is C11H10FN. The van der Waals surface area contributed by atoms with Crippen LogP contribution in [0.5, 0.6) is 0 Å². The van der Waals surface area contributed by atoms with Crippen LogP contribution in [-0.2, 0) is 0 Å². The van der Waals surface area contributed by atoms with E-state index < -0.39 is 5.82 Å². The molecule has 13 heavy (non-hydrogen) atoms. The molecular weight excluding hydrogens is 165 g/mol. The molecule has 1 unspecified atom stereocenters. The zero-order chi connectivity index (χ0) is 9.84. The van der Waals surface area contributed by atoms with Crippen LogP contribution in [0.2, 0.25) is 0 Å². The van der Waals surface area contributed by atoms with E-state index >= 15 is 0 Å². The Balaban J connectivity index is 3.25. The topological polar surface area (TPSA) is 23.8 Å². The highest BCUT2D eigenvalue weighted by Gasteiger charge is 2.10. The average molecular weight is 175 g/mol. The van der Waals surface area contributed by atoms with Gasteiger partial charge in [-0.3, -0.25) is 0 Å². The first-order valence-electron chi connectivity index (χ1n) is 4.01. The molecule has 0 aromatic heterocycles. The van der Waals surface area contributed by atoms with Gasteiger partial charge in [0.25, 0.3) is 0 Å². The summed E-state index contributed by atoms with van der Waals surface area (Å²) in [4.78, 5) is 0. The lowest BCUT2D eigenvalue weighted by Crippen LogP contribution is -1.96. The second-order valence-corrected chi connectivity index (χ2v) is 2.84. The highest BCUT2D eigenvalue weighted by Crippen LogP contribution is 2.21. The number of halogens is 1. The molecule has 0 aliphatic carbocycles. The summed E-state index contributed by atoms with van der Waals surface area (Å²) in [5, 5.41) is 8.58. The lowest BCUT2D eigenvalue weighted by molar-refractivity contribution is 0.601. The number of allylic oxidation sites excluding steroid dienone is 1. The summed E-state index contributed by atoms with van der Waals surface area (Å²) < 4.78 is 13.4. The fourth-order valence-corrected chi connectivity index (χ4v) is 1.11. The standard InChI is InChI=1S/C11H10FN/c1-3-8(2)10-6-4-5-9(7-13)11(10)12/h3-6,8H,1H2,2H3. The minimum atomic E-state index is -0.433. The van der Waals surface area contributed by atoms with Gasteiger partial charge in [-0.1, -0.05) is 25.1 Å². The number of nitrogens with zero attached hydrogens (tertiary/aromatic N) is 1. The van der Waals surface area contributed by atoms with E-state index in [0.29, 0.717) is 5.56 Å². The highest BCUT2D eigenvalue weighted by atomic mass is 19.1. The molecule has 1 aromatic rings. The number of hydrogen-bond donors (Lipinski definition) is 0. The van der Waals surface area contributed by atoms with E-state index in [4.69, 9.17) is 5.26 Å². The van der Waals surface area contributed by atoms with Crippen LogP contribution in [0.4, 0.5) is 4.39 Å². The van der Waals surface area contributed by atoms with E-state index in [1.54, 1.807) is 24.3 Å². The molecule has 2 heteroatoms. The van der Waals surface area contributed by atoms with Crippen LogP contribution in [0.1, 0.15) is 24.0 Å². The highest BCUT2D eigenvalue weighted by molar-refractivity contribution is 5.37. The van der Waals surface area contributed by atoms with E-state index in [-0.39, 0.29) is 11.5 Å². The molecule has 1 rings (SSSR count). The van der Waals surface area contributed by atoms with Crippen LogP contribution in [0.15, 0.2) is 30.9 Å². The maximum absolute atomic E-state index is 13.4. The van der Waals surface area contributed by atoms with Gasteiger partial charge >= 0.3 is 0 Å². The van der Waals surface area contributed by atoms with E-state index in [2.05, 4.69) is 6.58 Å². The molecule has 0 N–H and O–H groups in total. The third-order valence-corrected chi connectivity index (χ3v) is 1.99. The number of hydrogen-bond acceptors (Lipinski definition) is 1. The molecule has 0 saturated heterocycles. The molecule has 0 aliphatic rings. The summed E-state index contributed by atoms with van der Waals surface area (Å²) >= 11 is 0. The molecule has 0 fully saturated rings. The molecule has 1 nitrogen and oxygen atoms in total. The van der Waals surface area contributed by atoms with E-state index in [9.17, 15) is 4.39 Å². The molecule has 0 spiro atoms. The molecule has 1 aromatic carbocycles. The molecule has 0 saturated carbocycles. The van der Waals surface area contributed by atoms with Gasteiger partial charge in [0.15, 0.2) is 0 Å². The van der Waals surface area contributed by atoms with Gasteiger partial charge in [0.05, 0.1) is 5.56 Å². The van der Waals surface area contributed by atoms with Gasteiger partial charge < -0.3 is 0 Å². The minimum Gasteiger partial charge on any atom is -0.205 e. The van der Waals surface area contributed by atoms with Crippen molar-refractivity contribution < 1.29 is 4.39 Å². The lowest BCUT2D eigenvalue weighted by Gasteiger charge is -2.07. The normalized spacial score (nSPS) is 11.8. The van der Waals surface area contributed by atoms with Crippen molar-refractivity contribution in [2.45, 2.75) is 12.8 Å². The third-order valence-electron chi connectivity index (χ3n) is 1.99. The van der Waals surface area contributed by atoms with Crippen molar-refractivity contribution in [3.05, 3.63) is 47.8 Å². The Kier molecular flexibility index (Phi) is 2.81. The predicted molar refractivity (Wildman–Crippen MR) is 49.7 cm³/mol. The summed E-state index contributed by atoms with van der Waals surface area (Å²) in [6, 6.07) is 6.62. The van der Waals surface area contributed by atoms with Crippen molar-refractivity contribution in [1.29, 1.82) is 5.26 Å². The van der Waals surface area contributed by atoms with Crippen LogP contribution < -0.4 is 0 Å². The maximum Gasteiger partial charge on any atom is 0.144 e. The largest absolute Gasteiger partial charge is 0.205 e. The van der Waals surface area contributed by atoms with Gasteiger partial charge in [-0.05, 0) is 11.6 Å². The van der Waals surface area contributed by atoms with Crippen molar-refractivity contribution in [3.63, 3.8) is 0 Å². The Labute approximate surface area is 77.1 Å². The smallest absolute Gasteiger partial charge is 0.144 e. The first-order valence-corrected chi connectivity index (χ1v) is 4.01. The van der Waals surface area contributed by atoms with Gasteiger partial charge in [-0.2, -0.15) is 5.26 Å². The van der Waals surface area contributed by atoms with Gasteiger partial charge in [-0.15, -0.1) is 6.58 Å². The van der Waals surface area contributed by atoms with E-state index in [1.165, 1.54) is 6.07 Å². The van der Waals surface area contributed by atoms with E-state index in [1.807, 2.05) is 6.92 Å². The second-order valence-electron chi connectivity index (χ2n) is 2.84. The molecule has 0 heterocycles. The number of rotatable bonds is 2. The summed E-state index contributed by atoms with van der Waals surface area (Å²) in [6.07, 6.45) is 1.65. The van der Waals surface area contributed by atoms with E-state index in [0.717, 1.165) is 0 Å². The average Bonchev–Trinajstić information content (AvgIpc) is 2.17. The predicted octanol–water partition coefficient (Wildman–Crippen LogP) is 2.99.